The first-order valence-corrected chi connectivity index (χ1v) is 5.19. The van der Waals surface area contributed by atoms with Gasteiger partial charge >= 0.3 is 0 Å². The average molecular weight is 223 g/mol. The predicted molar refractivity (Wildman–Crippen MR) is 64.4 cm³/mol. The molecule has 0 amide bonds. The number of para-hydroxylation sites is 1. The zero-order valence-corrected chi connectivity index (χ0v) is 9.64. The number of aryl methyl sites for hydroxylation is 1. The first-order valence-electron chi connectivity index (χ1n) is 5.19. The van der Waals surface area contributed by atoms with Crippen molar-refractivity contribution < 1.29 is 4.92 Å². The van der Waals surface area contributed by atoms with Crippen molar-refractivity contribution in [1.82, 2.24) is 4.90 Å². The molecule has 0 atom stereocenters. The third kappa shape index (κ3) is 3.20. The molecule has 0 unspecified atom stereocenters. The first-order chi connectivity index (χ1) is 7.52. The molecule has 0 radical (unpaired) electrons. The maximum absolute atomic E-state index is 10.7. The lowest BCUT2D eigenvalue weighted by Crippen LogP contribution is -2.13. The molecule has 1 aromatic carbocycles. The van der Waals surface area contributed by atoms with Crippen molar-refractivity contribution in [2.24, 2.45) is 0 Å². The Kier molecular flexibility index (Phi) is 4.25. The Labute approximate surface area is 95.0 Å². The van der Waals surface area contributed by atoms with Gasteiger partial charge in [-0.15, -0.1) is 0 Å². The van der Waals surface area contributed by atoms with Gasteiger partial charge in [0.1, 0.15) is 5.69 Å². The number of anilines is 1. The number of nitrogens with two attached hydrogens (primary N) is 1. The topological polar surface area (TPSA) is 72.4 Å². The molecule has 0 heterocycles. The summed E-state index contributed by atoms with van der Waals surface area (Å²) in [5.74, 6) is 0. The van der Waals surface area contributed by atoms with E-state index >= 15 is 0 Å². The van der Waals surface area contributed by atoms with Crippen molar-refractivity contribution in [3.8, 4) is 0 Å². The summed E-state index contributed by atoms with van der Waals surface area (Å²) < 4.78 is 0. The van der Waals surface area contributed by atoms with Crippen LogP contribution in [0.15, 0.2) is 18.2 Å². The fourth-order valence-corrected chi connectivity index (χ4v) is 1.56. The number of rotatable bonds is 5. The monoisotopic (exact) mass is 223 g/mol. The number of benzene rings is 1. The molecular weight excluding hydrogens is 206 g/mol. The van der Waals surface area contributed by atoms with Crippen LogP contribution in [0.5, 0.6) is 0 Å². The van der Waals surface area contributed by atoms with Crippen molar-refractivity contribution >= 4 is 11.4 Å². The van der Waals surface area contributed by atoms with E-state index in [1.807, 2.05) is 20.2 Å². The zero-order valence-electron chi connectivity index (χ0n) is 9.64. The summed E-state index contributed by atoms with van der Waals surface area (Å²) in [6.45, 7) is 0.947. The van der Waals surface area contributed by atoms with Crippen molar-refractivity contribution in [1.29, 1.82) is 0 Å². The highest BCUT2D eigenvalue weighted by atomic mass is 16.6. The highest BCUT2D eigenvalue weighted by Crippen LogP contribution is 2.25. The molecule has 5 heteroatoms. The van der Waals surface area contributed by atoms with Gasteiger partial charge in [-0.2, -0.15) is 0 Å². The third-order valence-electron chi connectivity index (χ3n) is 2.42. The largest absolute Gasteiger partial charge is 0.393 e. The van der Waals surface area contributed by atoms with Crippen LogP contribution < -0.4 is 5.73 Å². The molecule has 0 bridgehead atoms. The molecule has 2 N–H and O–H groups in total. The summed E-state index contributed by atoms with van der Waals surface area (Å²) in [5.41, 5.74) is 6.90. The van der Waals surface area contributed by atoms with Gasteiger partial charge in [0.25, 0.3) is 5.69 Å². The Hall–Kier alpha value is -1.62. The first kappa shape index (κ1) is 12.4. The lowest BCUT2D eigenvalue weighted by atomic mass is 10.1. The fourth-order valence-electron chi connectivity index (χ4n) is 1.56. The second kappa shape index (κ2) is 5.46. The van der Waals surface area contributed by atoms with Crippen LogP contribution in [0.25, 0.3) is 0 Å². The Morgan fingerprint density at radius 2 is 2.12 bits per heavy atom. The molecule has 1 aromatic rings. The summed E-state index contributed by atoms with van der Waals surface area (Å²) in [6, 6.07) is 4.96. The Bertz CT molecular complexity index is 377. The van der Waals surface area contributed by atoms with Crippen LogP contribution in [0.4, 0.5) is 11.4 Å². The van der Waals surface area contributed by atoms with E-state index in [1.165, 1.54) is 6.07 Å². The molecule has 0 aliphatic heterocycles. The van der Waals surface area contributed by atoms with Gasteiger partial charge in [-0.25, -0.2) is 0 Å². The van der Waals surface area contributed by atoms with Gasteiger partial charge in [0, 0.05) is 6.07 Å². The van der Waals surface area contributed by atoms with E-state index in [9.17, 15) is 10.1 Å². The average Bonchev–Trinajstić information content (AvgIpc) is 2.19. The van der Waals surface area contributed by atoms with Crippen molar-refractivity contribution in [2.45, 2.75) is 12.8 Å². The van der Waals surface area contributed by atoms with E-state index < -0.39 is 4.92 Å². The summed E-state index contributed by atoms with van der Waals surface area (Å²) in [6.07, 6.45) is 1.71. The molecule has 5 nitrogen and oxygen atoms in total. The van der Waals surface area contributed by atoms with E-state index in [4.69, 9.17) is 5.73 Å². The Balaban J connectivity index is 2.73. The minimum atomic E-state index is -0.440. The van der Waals surface area contributed by atoms with Crippen LogP contribution in [0, 0.1) is 10.1 Å². The maximum Gasteiger partial charge on any atom is 0.292 e. The van der Waals surface area contributed by atoms with Crippen LogP contribution in [-0.2, 0) is 6.42 Å². The minimum absolute atomic E-state index is 0.00218. The van der Waals surface area contributed by atoms with Gasteiger partial charge in [-0.05, 0) is 39.0 Å². The van der Waals surface area contributed by atoms with E-state index in [1.54, 1.807) is 6.07 Å². The molecule has 0 aliphatic carbocycles. The molecule has 0 aromatic heterocycles. The molecule has 88 valence electrons. The lowest BCUT2D eigenvalue weighted by molar-refractivity contribution is -0.383. The number of hydrogen-bond donors (Lipinski definition) is 1. The molecule has 0 spiro atoms. The van der Waals surface area contributed by atoms with Crippen molar-refractivity contribution in [3.63, 3.8) is 0 Å². The molecule has 16 heavy (non-hydrogen) atoms. The van der Waals surface area contributed by atoms with Crippen molar-refractivity contribution in [2.75, 3.05) is 26.4 Å². The standard InChI is InChI=1S/C11H17N3O2/c1-13(2)8-4-6-9-5-3-7-10(11(9)12)14(15)16/h3,5,7H,4,6,8,12H2,1-2H3. The number of nitro groups is 1. The number of nitrogens with zero attached hydrogens (tertiary/aromatic N) is 2. The van der Waals surface area contributed by atoms with Crippen LogP contribution in [-0.4, -0.2) is 30.5 Å². The smallest absolute Gasteiger partial charge is 0.292 e. The summed E-state index contributed by atoms with van der Waals surface area (Å²) in [5, 5.41) is 10.7. The van der Waals surface area contributed by atoms with Gasteiger partial charge < -0.3 is 10.6 Å². The normalized spacial score (nSPS) is 10.7. The zero-order chi connectivity index (χ0) is 12.1. The van der Waals surface area contributed by atoms with E-state index in [0.717, 1.165) is 24.9 Å². The fraction of sp³-hybridized carbons (Fsp3) is 0.455. The highest BCUT2D eigenvalue weighted by Gasteiger charge is 2.13. The van der Waals surface area contributed by atoms with E-state index in [0.29, 0.717) is 5.69 Å². The van der Waals surface area contributed by atoms with Gasteiger partial charge in [0.15, 0.2) is 0 Å². The van der Waals surface area contributed by atoms with Gasteiger partial charge in [0.2, 0.25) is 0 Å². The van der Waals surface area contributed by atoms with Gasteiger partial charge in [0.05, 0.1) is 4.92 Å². The van der Waals surface area contributed by atoms with E-state index in [-0.39, 0.29) is 5.69 Å². The predicted octanol–water partition coefficient (Wildman–Crippen LogP) is 1.67. The lowest BCUT2D eigenvalue weighted by Gasteiger charge is -2.10. The van der Waals surface area contributed by atoms with Gasteiger partial charge in [-0.3, -0.25) is 10.1 Å². The number of nitrogen functional groups attached to an aromatic ring is 1. The second-order valence-corrected chi connectivity index (χ2v) is 4.01. The summed E-state index contributed by atoms with van der Waals surface area (Å²) in [7, 11) is 3.99. The number of nitro benzene ring substituents is 1. The summed E-state index contributed by atoms with van der Waals surface area (Å²) in [4.78, 5) is 12.3. The van der Waals surface area contributed by atoms with Crippen LogP contribution in [0.1, 0.15) is 12.0 Å². The Morgan fingerprint density at radius 3 is 2.69 bits per heavy atom. The van der Waals surface area contributed by atoms with Crippen LogP contribution in [0.2, 0.25) is 0 Å². The molecule has 0 fully saturated rings. The minimum Gasteiger partial charge on any atom is -0.393 e. The van der Waals surface area contributed by atoms with Crippen LogP contribution in [0.3, 0.4) is 0 Å². The Morgan fingerprint density at radius 1 is 1.44 bits per heavy atom. The molecular formula is C11H17N3O2. The van der Waals surface area contributed by atoms with E-state index in [2.05, 4.69) is 4.90 Å². The quantitative estimate of drug-likeness (QED) is 0.468. The maximum atomic E-state index is 10.7. The third-order valence-corrected chi connectivity index (χ3v) is 2.42. The van der Waals surface area contributed by atoms with Gasteiger partial charge in [-0.1, -0.05) is 12.1 Å². The summed E-state index contributed by atoms with van der Waals surface area (Å²) >= 11 is 0. The molecule has 0 saturated heterocycles. The van der Waals surface area contributed by atoms with Crippen molar-refractivity contribution in [3.05, 3.63) is 33.9 Å². The molecule has 1 rings (SSSR count). The second-order valence-electron chi connectivity index (χ2n) is 4.01. The van der Waals surface area contributed by atoms with Crippen LogP contribution >= 0.6 is 0 Å². The SMILES string of the molecule is CN(C)CCCc1cccc([N+](=O)[O-])c1N. The highest BCUT2D eigenvalue weighted by molar-refractivity contribution is 5.62. The molecule has 0 saturated carbocycles. The number of hydrogen-bond acceptors (Lipinski definition) is 4. The molecule has 0 aliphatic rings.